The normalized spacial score (nSPS) is 37.7. The molecule has 1 N–H and O–H groups in total. The van der Waals surface area contributed by atoms with Crippen molar-refractivity contribution in [2.45, 2.75) is 50.4 Å². The summed E-state index contributed by atoms with van der Waals surface area (Å²) in [5, 5.41) is 9.34. The molecule has 3 unspecified atom stereocenters. The number of hydrogen-bond acceptors (Lipinski definition) is 3. The van der Waals surface area contributed by atoms with Crippen molar-refractivity contribution >= 4 is 0 Å². The maximum Gasteiger partial charge on any atom is 0.109 e. The molecule has 2 aliphatic rings. The Bertz CT molecular complexity index is 179. The Kier molecular flexibility index (Phi) is 3.42. The average Bonchev–Trinajstić information content (AvgIpc) is 2.07. The molecule has 2 fully saturated rings. The van der Waals surface area contributed by atoms with Gasteiger partial charge in [-0.2, -0.15) is 0 Å². The summed E-state index contributed by atoms with van der Waals surface area (Å²) in [4.78, 5) is 0. The molecule has 0 radical (unpaired) electrons. The number of aliphatic hydroxyl groups is 1. The minimum absolute atomic E-state index is 0.0867. The van der Waals surface area contributed by atoms with E-state index in [9.17, 15) is 5.11 Å². The van der Waals surface area contributed by atoms with E-state index >= 15 is 0 Å². The van der Waals surface area contributed by atoms with E-state index in [1.807, 2.05) is 0 Å². The molecule has 0 aromatic carbocycles. The Morgan fingerprint density at radius 3 is 2.64 bits per heavy atom. The van der Waals surface area contributed by atoms with Crippen molar-refractivity contribution in [3.05, 3.63) is 0 Å². The molecule has 0 spiro atoms. The summed E-state index contributed by atoms with van der Waals surface area (Å²) >= 11 is 0. The summed E-state index contributed by atoms with van der Waals surface area (Å²) in [5.74, 6) is 0.904. The maximum absolute atomic E-state index is 9.34. The second-order valence-corrected chi connectivity index (χ2v) is 4.50. The average molecular weight is 200 g/mol. The van der Waals surface area contributed by atoms with Crippen LogP contribution in [-0.2, 0) is 9.47 Å². The third kappa shape index (κ3) is 2.10. The van der Waals surface area contributed by atoms with E-state index in [1.165, 1.54) is 25.7 Å². The summed E-state index contributed by atoms with van der Waals surface area (Å²) in [6.45, 7) is 0.835. The topological polar surface area (TPSA) is 38.7 Å². The van der Waals surface area contributed by atoms with Crippen LogP contribution in [0.1, 0.15) is 32.1 Å². The molecule has 82 valence electrons. The standard InChI is InChI=1S/C11H20O3/c1-13-11-9(12)7-10(11)14-6-5-8-3-2-4-8/h8-12H,2-7H2,1H3. The van der Waals surface area contributed by atoms with Crippen molar-refractivity contribution < 1.29 is 14.6 Å². The van der Waals surface area contributed by atoms with Crippen molar-refractivity contribution in [3.8, 4) is 0 Å². The van der Waals surface area contributed by atoms with Crippen LogP contribution in [-0.4, -0.2) is 37.1 Å². The van der Waals surface area contributed by atoms with E-state index in [0.29, 0.717) is 0 Å². The smallest absolute Gasteiger partial charge is 0.109 e. The molecule has 2 rings (SSSR count). The molecular weight excluding hydrogens is 180 g/mol. The lowest BCUT2D eigenvalue weighted by Crippen LogP contribution is -2.53. The minimum atomic E-state index is -0.311. The summed E-state index contributed by atoms with van der Waals surface area (Å²) in [7, 11) is 1.63. The van der Waals surface area contributed by atoms with Crippen LogP contribution < -0.4 is 0 Å². The van der Waals surface area contributed by atoms with Gasteiger partial charge in [-0.3, -0.25) is 0 Å². The van der Waals surface area contributed by atoms with Crippen molar-refractivity contribution in [1.82, 2.24) is 0 Å². The van der Waals surface area contributed by atoms with Crippen LogP contribution in [0.4, 0.5) is 0 Å². The third-order valence-electron chi connectivity index (χ3n) is 3.57. The van der Waals surface area contributed by atoms with Crippen LogP contribution in [0.15, 0.2) is 0 Å². The fraction of sp³-hybridized carbons (Fsp3) is 1.00. The molecule has 0 aromatic heterocycles. The van der Waals surface area contributed by atoms with E-state index in [0.717, 1.165) is 18.9 Å². The largest absolute Gasteiger partial charge is 0.390 e. The number of ether oxygens (including phenoxy) is 2. The van der Waals surface area contributed by atoms with Crippen molar-refractivity contribution in [3.63, 3.8) is 0 Å². The Morgan fingerprint density at radius 1 is 1.36 bits per heavy atom. The van der Waals surface area contributed by atoms with Gasteiger partial charge in [-0.05, 0) is 12.3 Å². The first kappa shape index (κ1) is 10.4. The molecule has 3 heteroatoms. The van der Waals surface area contributed by atoms with Gasteiger partial charge < -0.3 is 14.6 Å². The predicted molar refractivity (Wildman–Crippen MR) is 53.1 cm³/mol. The van der Waals surface area contributed by atoms with Gasteiger partial charge in [0.1, 0.15) is 6.10 Å². The van der Waals surface area contributed by atoms with Gasteiger partial charge in [-0.1, -0.05) is 19.3 Å². The molecule has 0 bridgehead atoms. The second-order valence-electron chi connectivity index (χ2n) is 4.50. The van der Waals surface area contributed by atoms with E-state index in [2.05, 4.69) is 0 Å². The highest BCUT2D eigenvalue weighted by Gasteiger charge is 2.41. The molecule has 0 aromatic rings. The van der Waals surface area contributed by atoms with Gasteiger partial charge in [-0.15, -0.1) is 0 Å². The number of methoxy groups -OCH3 is 1. The summed E-state index contributed by atoms with van der Waals surface area (Å²) in [6, 6.07) is 0. The second kappa shape index (κ2) is 4.60. The highest BCUT2D eigenvalue weighted by molar-refractivity contribution is 4.91. The fourth-order valence-corrected chi connectivity index (χ4v) is 2.20. The van der Waals surface area contributed by atoms with Crippen molar-refractivity contribution in [2.24, 2.45) is 5.92 Å². The van der Waals surface area contributed by atoms with Crippen LogP contribution in [0.5, 0.6) is 0 Å². The first-order chi connectivity index (χ1) is 6.81. The molecule has 2 saturated carbocycles. The lowest BCUT2D eigenvalue weighted by molar-refractivity contribution is -0.182. The molecular formula is C11H20O3. The maximum atomic E-state index is 9.34. The SMILES string of the molecule is COC1C(O)CC1OCCC1CCC1. The van der Waals surface area contributed by atoms with Gasteiger partial charge in [0.15, 0.2) is 0 Å². The molecule has 0 saturated heterocycles. The van der Waals surface area contributed by atoms with Gasteiger partial charge in [-0.25, -0.2) is 0 Å². The summed E-state index contributed by atoms with van der Waals surface area (Å²) < 4.78 is 10.8. The van der Waals surface area contributed by atoms with Crippen molar-refractivity contribution in [2.75, 3.05) is 13.7 Å². The van der Waals surface area contributed by atoms with Crippen LogP contribution in [0.25, 0.3) is 0 Å². The molecule has 0 aliphatic heterocycles. The van der Waals surface area contributed by atoms with Gasteiger partial charge in [0.05, 0.1) is 12.2 Å². The first-order valence-corrected chi connectivity index (χ1v) is 5.63. The van der Waals surface area contributed by atoms with Crippen LogP contribution in [0.2, 0.25) is 0 Å². The van der Waals surface area contributed by atoms with Gasteiger partial charge in [0, 0.05) is 20.1 Å². The van der Waals surface area contributed by atoms with Crippen LogP contribution in [0, 0.1) is 5.92 Å². The van der Waals surface area contributed by atoms with E-state index in [1.54, 1.807) is 7.11 Å². The highest BCUT2D eigenvalue weighted by Crippen LogP contribution is 2.31. The molecule has 14 heavy (non-hydrogen) atoms. The Balaban J connectivity index is 1.56. The van der Waals surface area contributed by atoms with E-state index < -0.39 is 0 Å². The highest BCUT2D eigenvalue weighted by atomic mass is 16.5. The Labute approximate surface area is 85.4 Å². The first-order valence-electron chi connectivity index (χ1n) is 5.63. The lowest BCUT2D eigenvalue weighted by Gasteiger charge is -2.40. The molecule has 0 heterocycles. The third-order valence-corrected chi connectivity index (χ3v) is 3.57. The van der Waals surface area contributed by atoms with Gasteiger partial charge in [0.2, 0.25) is 0 Å². The summed E-state index contributed by atoms with van der Waals surface area (Å²) in [5.41, 5.74) is 0. The number of rotatable bonds is 5. The Morgan fingerprint density at radius 2 is 2.14 bits per heavy atom. The van der Waals surface area contributed by atoms with Gasteiger partial charge >= 0.3 is 0 Å². The number of hydrogen-bond donors (Lipinski definition) is 1. The molecule has 3 nitrogen and oxygen atoms in total. The van der Waals surface area contributed by atoms with Crippen LogP contribution >= 0.6 is 0 Å². The van der Waals surface area contributed by atoms with Gasteiger partial charge in [0.25, 0.3) is 0 Å². The van der Waals surface area contributed by atoms with E-state index in [4.69, 9.17) is 9.47 Å². The number of aliphatic hydroxyl groups excluding tert-OH is 1. The predicted octanol–water partition coefficient (Wildman–Crippen LogP) is 1.34. The zero-order valence-electron chi connectivity index (χ0n) is 8.82. The van der Waals surface area contributed by atoms with Crippen LogP contribution in [0.3, 0.4) is 0 Å². The molecule has 3 atom stereocenters. The lowest BCUT2D eigenvalue weighted by atomic mass is 9.83. The van der Waals surface area contributed by atoms with Crippen molar-refractivity contribution in [1.29, 1.82) is 0 Å². The fourth-order valence-electron chi connectivity index (χ4n) is 2.20. The summed E-state index contributed by atoms with van der Waals surface area (Å²) in [6.07, 6.45) is 5.81. The van der Waals surface area contributed by atoms with E-state index in [-0.39, 0.29) is 18.3 Å². The monoisotopic (exact) mass is 200 g/mol. The Hall–Kier alpha value is -0.120. The zero-order valence-corrected chi connectivity index (χ0v) is 8.82. The molecule has 2 aliphatic carbocycles. The quantitative estimate of drug-likeness (QED) is 0.728. The zero-order chi connectivity index (χ0) is 9.97. The minimum Gasteiger partial charge on any atom is -0.390 e. The molecule has 0 amide bonds.